The first-order valence-electron chi connectivity index (χ1n) is 21.0. The number of imide groups is 1. The van der Waals surface area contributed by atoms with Crippen LogP contribution in [0.2, 0.25) is 0 Å². The molecule has 62 heavy (non-hydrogen) atoms. The molecular weight excluding hydrogens is 794 g/mol. The van der Waals surface area contributed by atoms with Crippen LogP contribution >= 0.6 is 0 Å². The smallest absolute Gasteiger partial charge is 0.328 e. The summed E-state index contributed by atoms with van der Waals surface area (Å²) in [5.41, 5.74) is 6.28. The van der Waals surface area contributed by atoms with E-state index in [1.54, 1.807) is 17.9 Å². The molecule has 0 radical (unpaired) electrons. The molecule has 6 N–H and O–H groups in total. The van der Waals surface area contributed by atoms with Crippen LogP contribution in [0.1, 0.15) is 86.2 Å². The largest absolute Gasteiger partial charge is 0.392 e. The number of carbonyl (C=O) groups excluding carboxylic acids is 3. The van der Waals surface area contributed by atoms with E-state index in [1.165, 1.54) is 12.4 Å². The van der Waals surface area contributed by atoms with Crippen molar-refractivity contribution < 1.29 is 28.4 Å². The van der Waals surface area contributed by atoms with Crippen LogP contribution in [0, 0.1) is 18.7 Å². The molecule has 0 unspecified atom stereocenters. The van der Waals surface area contributed by atoms with Crippen molar-refractivity contribution in [1.29, 1.82) is 0 Å². The Hall–Kier alpha value is -6.46. The highest BCUT2D eigenvalue weighted by Crippen LogP contribution is 2.37. The number of halogens is 1. The van der Waals surface area contributed by atoms with Gasteiger partial charge in [-0.15, -0.1) is 0 Å². The average molecular weight is 846 g/mol. The van der Waals surface area contributed by atoms with Gasteiger partial charge in [0.25, 0.3) is 0 Å². The number of rotatable bonds is 13. The maximum Gasteiger partial charge on any atom is 0.328 e. The van der Waals surface area contributed by atoms with E-state index in [2.05, 4.69) is 51.3 Å². The van der Waals surface area contributed by atoms with E-state index in [4.69, 9.17) is 4.52 Å². The van der Waals surface area contributed by atoms with Crippen molar-refractivity contribution in [3.63, 3.8) is 0 Å². The lowest BCUT2D eigenvalue weighted by atomic mass is 9.95. The number of aromatic nitrogens is 5. The second kappa shape index (κ2) is 17.5. The topological polar surface area (TPSA) is 207 Å². The molecule has 17 heteroatoms. The summed E-state index contributed by atoms with van der Waals surface area (Å²) in [6.07, 6.45) is 3.85. The van der Waals surface area contributed by atoms with Crippen LogP contribution in [0.3, 0.4) is 0 Å². The van der Waals surface area contributed by atoms with Gasteiger partial charge >= 0.3 is 17.8 Å². The summed E-state index contributed by atoms with van der Waals surface area (Å²) in [5.74, 6) is -0.643. The van der Waals surface area contributed by atoms with Crippen molar-refractivity contribution in [2.24, 2.45) is 5.92 Å². The van der Waals surface area contributed by atoms with Crippen LogP contribution in [-0.2, 0) is 16.8 Å². The maximum absolute atomic E-state index is 16.1. The van der Waals surface area contributed by atoms with E-state index in [9.17, 15) is 19.5 Å². The Balaban J connectivity index is 0.870. The van der Waals surface area contributed by atoms with Crippen molar-refractivity contribution in [3.05, 3.63) is 89.1 Å². The number of hydrogen-bond donors (Lipinski definition) is 6. The molecule has 2 fully saturated rings. The third-order valence-electron chi connectivity index (χ3n) is 11.7. The molecule has 2 saturated heterocycles. The molecule has 3 aromatic heterocycles. The number of carbonyl (C=O) groups is 3. The number of nitrogens with one attached hydrogen (secondary N) is 5. The van der Waals surface area contributed by atoms with E-state index < -0.39 is 29.8 Å². The summed E-state index contributed by atoms with van der Waals surface area (Å²) in [7, 11) is 0. The number of piperidine rings is 1. The number of hydrogen-bond acceptors (Lipinski definition) is 12. The van der Waals surface area contributed by atoms with Gasteiger partial charge in [-0.25, -0.2) is 19.2 Å². The first-order valence-corrected chi connectivity index (χ1v) is 21.0. The van der Waals surface area contributed by atoms with Gasteiger partial charge in [0.05, 0.1) is 23.7 Å². The Morgan fingerprint density at radius 2 is 1.79 bits per heavy atom. The van der Waals surface area contributed by atoms with Gasteiger partial charge < -0.3 is 35.5 Å². The molecule has 6 aromatic rings. The first kappa shape index (κ1) is 42.2. The summed E-state index contributed by atoms with van der Waals surface area (Å²) in [5, 5.41) is 28.2. The second-order valence-electron chi connectivity index (χ2n) is 17.2. The quantitative estimate of drug-likeness (QED) is 0.0714. The number of aliphatic hydroxyl groups is 1. The number of aromatic amines is 1. The number of H-pyrrole nitrogens is 1. The van der Waals surface area contributed by atoms with Crippen LogP contribution < -0.4 is 31.1 Å². The van der Waals surface area contributed by atoms with Crippen LogP contribution in [0.25, 0.3) is 33.2 Å². The lowest BCUT2D eigenvalue weighted by molar-refractivity contribution is -0.120. The van der Waals surface area contributed by atoms with E-state index >= 15 is 4.39 Å². The number of aliphatic hydroxyl groups excluding tert-OH is 1. The third kappa shape index (κ3) is 8.81. The van der Waals surface area contributed by atoms with Gasteiger partial charge in [0.2, 0.25) is 5.91 Å². The van der Waals surface area contributed by atoms with Gasteiger partial charge in [0.1, 0.15) is 17.8 Å². The van der Waals surface area contributed by atoms with Crippen molar-refractivity contribution in [2.45, 2.75) is 71.9 Å². The fraction of sp³-hybridized carbons (Fsp3) is 0.400. The zero-order valence-electron chi connectivity index (χ0n) is 35.6. The van der Waals surface area contributed by atoms with Crippen LogP contribution in [0.4, 0.5) is 26.2 Å². The predicted molar refractivity (Wildman–Crippen MR) is 235 cm³/mol. The number of aryl methyl sites for hydroxylation is 1. The molecule has 5 heterocycles. The minimum absolute atomic E-state index is 0.198. The fourth-order valence-electron chi connectivity index (χ4n) is 8.23. The van der Waals surface area contributed by atoms with Crippen molar-refractivity contribution in [1.82, 2.24) is 41.0 Å². The lowest BCUT2D eigenvalue weighted by Gasteiger charge is -2.34. The van der Waals surface area contributed by atoms with Gasteiger partial charge in [0.15, 0.2) is 5.82 Å². The molecule has 0 spiro atoms. The number of anilines is 3. The molecule has 0 aliphatic carbocycles. The lowest BCUT2D eigenvalue weighted by Crippen LogP contribution is -2.49. The molecular formula is C45H52FN11O5. The van der Waals surface area contributed by atoms with E-state index in [0.717, 1.165) is 79.1 Å². The van der Waals surface area contributed by atoms with Gasteiger partial charge in [-0.05, 0) is 104 Å². The van der Waals surface area contributed by atoms with Gasteiger partial charge in [-0.2, -0.15) is 4.98 Å². The second-order valence-corrected chi connectivity index (χ2v) is 17.2. The van der Waals surface area contributed by atoms with Gasteiger partial charge in [-0.1, -0.05) is 25.9 Å². The number of urea groups is 1. The summed E-state index contributed by atoms with van der Waals surface area (Å²) >= 11 is 0. The van der Waals surface area contributed by atoms with Crippen molar-refractivity contribution in [2.75, 3.05) is 54.4 Å². The van der Waals surface area contributed by atoms with Crippen LogP contribution in [0.15, 0.2) is 59.4 Å². The monoisotopic (exact) mass is 845 g/mol. The minimum Gasteiger partial charge on any atom is -0.392 e. The highest BCUT2D eigenvalue weighted by Gasteiger charge is 2.28. The summed E-state index contributed by atoms with van der Waals surface area (Å²) in [6.45, 7) is 13.8. The molecule has 3 aromatic carbocycles. The molecule has 2 aliphatic heterocycles. The molecule has 324 valence electrons. The highest BCUT2D eigenvalue weighted by molar-refractivity contribution is 6.13. The number of benzene rings is 3. The molecule has 2 aliphatic rings. The predicted octanol–water partition coefficient (Wildman–Crippen LogP) is 6.25. The van der Waals surface area contributed by atoms with Crippen molar-refractivity contribution >= 4 is 56.8 Å². The van der Waals surface area contributed by atoms with Crippen LogP contribution in [-0.4, -0.2) is 87.3 Å². The zero-order chi connectivity index (χ0) is 43.7. The average Bonchev–Trinajstić information content (AvgIpc) is 3.90. The Labute approximate surface area is 358 Å². The summed E-state index contributed by atoms with van der Waals surface area (Å²) in [4.78, 5) is 57.3. The number of nitrogens with zero attached hydrogens (tertiary/aromatic N) is 6. The van der Waals surface area contributed by atoms with E-state index in [1.807, 2.05) is 64.1 Å². The Bertz CT molecular complexity index is 2630. The third-order valence-corrected chi connectivity index (χ3v) is 11.7. The van der Waals surface area contributed by atoms with Gasteiger partial charge in [-0.3, -0.25) is 19.8 Å². The maximum atomic E-state index is 16.1. The zero-order valence-corrected chi connectivity index (χ0v) is 35.6. The summed E-state index contributed by atoms with van der Waals surface area (Å²) in [6, 6.07) is 13.9. The Kier molecular flexibility index (Phi) is 11.9. The molecule has 8 rings (SSSR count). The number of fused-ring (bicyclic) bond motifs is 3. The standard InChI is InChI=1S/C45H52FN11O5/c1-25-18-33-36(21-35(25)48-14-13-47-22-27-10-15-56(16-11-27)29-6-8-30(9-7-29)57-17-12-37(59)53-44(57)61)52-40-38(33)39(49-24-50-40)32-19-28(23-58)31(20-34(32)46)26(2)51-41(60)42-54-43(55-62-42)45(3,4)5/h6-9,18-21,24,26-27,47-48,58H,10-17,22-23H2,1-5H3,(H,51,60)(H,49,50,52)(H,53,59,61)/t26-/m1/s1. The molecule has 0 bridgehead atoms. The van der Waals surface area contributed by atoms with Gasteiger partial charge in [0, 0.05) is 78.1 Å². The first-order chi connectivity index (χ1) is 29.8. The molecule has 0 saturated carbocycles. The Morgan fingerprint density at radius 3 is 2.50 bits per heavy atom. The molecule has 1 atom stereocenters. The fourth-order valence-corrected chi connectivity index (χ4v) is 8.23. The van der Waals surface area contributed by atoms with Crippen LogP contribution in [0.5, 0.6) is 0 Å². The SMILES string of the molecule is Cc1cc2c(cc1NCCNCC1CCN(c3ccc(N4CCC(=O)NC4=O)cc3)CC1)[nH]c1ncnc(-c3cc(CO)c([C@@H](C)NC(=O)c4nc(C(C)(C)C)no4)cc3F)c12. The number of amides is 4. The Morgan fingerprint density at radius 1 is 1.03 bits per heavy atom. The van der Waals surface area contributed by atoms with Crippen molar-refractivity contribution in [3.8, 4) is 11.3 Å². The highest BCUT2D eigenvalue weighted by atomic mass is 19.1. The normalized spacial score (nSPS) is 15.7. The molecule has 4 amide bonds. The van der Waals surface area contributed by atoms with E-state index in [0.29, 0.717) is 52.6 Å². The van der Waals surface area contributed by atoms with E-state index in [-0.39, 0.29) is 23.4 Å². The molecule has 16 nitrogen and oxygen atoms in total. The summed E-state index contributed by atoms with van der Waals surface area (Å²) < 4.78 is 21.3. The minimum atomic E-state index is -0.691.